The number of aryl methyl sites for hydroxylation is 2. The number of nitrogens with one attached hydrogen (secondary N) is 1. The molecule has 1 fully saturated rings. The summed E-state index contributed by atoms with van der Waals surface area (Å²) in [6, 6.07) is 2.26. The molecule has 2 unspecified atom stereocenters. The smallest absolute Gasteiger partial charge is 0.377 e. The van der Waals surface area contributed by atoms with Crippen molar-refractivity contribution >= 4 is 13.7 Å². The van der Waals surface area contributed by atoms with Crippen molar-refractivity contribution in [2.75, 3.05) is 13.2 Å². The van der Waals surface area contributed by atoms with Gasteiger partial charge in [-0.05, 0) is 46.1 Å². The molecule has 3 nitrogen and oxygen atoms in total. The molecule has 2 atom stereocenters. The summed E-state index contributed by atoms with van der Waals surface area (Å²) in [4.78, 5) is 3.44. The van der Waals surface area contributed by atoms with Gasteiger partial charge in [-0.25, -0.2) is 0 Å². The van der Waals surface area contributed by atoms with E-state index in [0.29, 0.717) is 11.5 Å². The van der Waals surface area contributed by atoms with Gasteiger partial charge in [0.15, 0.2) is 0 Å². The van der Waals surface area contributed by atoms with Crippen LogP contribution in [0.3, 0.4) is 0 Å². The van der Waals surface area contributed by atoms with Gasteiger partial charge in [0.2, 0.25) is 0 Å². The molecular weight excluding hydrogens is 266 g/mol. The molecule has 1 aromatic rings. The first kappa shape index (κ1) is 15.8. The first-order valence-electron chi connectivity index (χ1n) is 7.99. The fraction of sp³-hybridized carbons (Fsp3) is 0.750. The Morgan fingerprint density at radius 1 is 1.20 bits per heavy atom. The van der Waals surface area contributed by atoms with E-state index in [1.807, 2.05) is 0 Å². The Morgan fingerprint density at radius 3 is 2.25 bits per heavy atom. The van der Waals surface area contributed by atoms with Gasteiger partial charge in [0, 0.05) is 35.3 Å². The highest BCUT2D eigenvalue weighted by atomic mass is 28.4. The lowest BCUT2D eigenvalue weighted by Crippen LogP contribution is -2.58. The topological polar surface area (TPSA) is 34.2 Å². The van der Waals surface area contributed by atoms with E-state index in [-0.39, 0.29) is 0 Å². The summed E-state index contributed by atoms with van der Waals surface area (Å²) < 4.78 is 12.8. The van der Waals surface area contributed by atoms with Crippen molar-refractivity contribution < 1.29 is 8.85 Å². The molecule has 0 aliphatic heterocycles. The van der Waals surface area contributed by atoms with Crippen LogP contribution in [0.5, 0.6) is 0 Å². The molecular formula is C16H29NO2Si. The molecule has 0 aromatic carbocycles. The number of hydrogen-bond donors (Lipinski definition) is 1. The molecule has 0 saturated heterocycles. The molecule has 2 rings (SSSR count). The lowest BCUT2D eigenvalue weighted by atomic mass is 10.1. The molecule has 114 valence electrons. The van der Waals surface area contributed by atoms with Crippen molar-refractivity contribution in [3.05, 3.63) is 17.5 Å². The third-order valence-electron chi connectivity index (χ3n) is 4.59. The average Bonchev–Trinajstić information content (AvgIpc) is 2.95. The highest BCUT2D eigenvalue weighted by Gasteiger charge is 2.52. The maximum atomic E-state index is 6.40. The Morgan fingerprint density at radius 2 is 1.85 bits per heavy atom. The van der Waals surface area contributed by atoms with Crippen LogP contribution in [0.1, 0.15) is 51.4 Å². The van der Waals surface area contributed by atoms with E-state index in [1.54, 1.807) is 0 Å². The van der Waals surface area contributed by atoms with Gasteiger partial charge >= 0.3 is 8.56 Å². The van der Waals surface area contributed by atoms with E-state index in [4.69, 9.17) is 8.85 Å². The number of H-pyrrole nitrogens is 1. The van der Waals surface area contributed by atoms with Crippen LogP contribution in [0.2, 0.25) is 5.54 Å². The van der Waals surface area contributed by atoms with E-state index in [1.165, 1.54) is 35.8 Å². The fourth-order valence-corrected chi connectivity index (χ4v) is 8.42. The third-order valence-corrected chi connectivity index (χ3v) is 9.13. The molecule has 0 radical (unpaired) electrons. The number of rotatable bonds is 6. The van der Waals surface area contributed by atoms with Crippen LogP contribution < -0.4 is 5.19 Å². The second-order valence-corrected chi connectivity index (χ2v) is 9.23. The molecule has 0 bridgehead atoms. The molecule has 20 heavy (non-hydrogen) atoms. The maximum absolute atomic E-state index is 6.40. The second kappa shape index (κ2) is 6.46. The molecule has 1 N–H and O–H groups in total. The minimum absolute atomic E-state index is 0.580. The largest absolute Gasteiger partial charge is 0.391 e. The minimum atomic E-state index is -2.36. The van der Waals surface area contributed by atoms with Crippen LogP contribution >= 0.6 is 0 Å². The summed E-state index contributed by atoms with van der Waals surface area (Å²) in [5, 5.41) is 1.33. The van der Waals surface area contributed by atoms with Gasteiger partial charge in [-0.1, -0.05) is 19.8 Å². The Bertz CT molecular complexity index is 438. The van der Waals surface area contributed by atoms with Crippen molar-refractivity contribution in [2.45, 2.75) is 59.4 Å². The molecule has 0 amide bonds. The standard InChI is InChI=1S/C16H29NO2Si/c1-6-18-20(19-7-2,15-10-8-9-12(15)3)16-11-13(4)17-14(16)5/h11-12,15,17H,6-10H2,1-5H3. The maximum Gasteiger partial charge on any atom is 0.377 e. The Hall–Kier alpha value is -0.583. The van der Waals surface area contributed by atoms with Crippen LogP contribution in [-0.2, 0) is 8.85 Å². The predicted octanol–water partition coefficient (Wildman–Crippen LogP) is 3.54. The van der Waals surface area contributed by atoms with Gasteiger partial charge in [-0.3, -0.25) is 0 Å². The molecule has 1 aliphatic carbocycles. The zero-order valence-electron chi connectivity index (χ0n) is 13.6. The normalized spacial score (nSPS) is 23.4. The molecule has 1 heterocycles. The molecule has 1 aromatic heterocycles. The van der Waals surface area contributed by atoms with Crippen molar-refractivity contribution in [3.63, 3.8) is 0 Å². The predicted molar refractivity (Wildman–Crippen MR) is 85.7 cm³/mol. The van der Waals surface area contributed by atoms with Gasteiger partial charge in [0.25, 0.3) is 0 Å². The summed E-state index contributed by atoms with van der Waals surface area (Å²) in [5.74, 6) is 0.703. The molecule has 4 heteroatoms. The highest BCUT2D eigenvalue weighted by Crippen LogP contribution is 2.44. The van der Waals surface area contributed by atoms with E-state index >= 15 is 0 Å². The zero-order chi connectivity index (χ0) is 14.8. The second-order valence-electron chi connectivity index (χ2n) is 6.04. The molecule has 1 aliphatic rings. The quantitative estimate of drug-likeness (QED) is 0.815. The van der Waals surface area contributed by atoms with Gasteiger partial charge in [-0.15, -0.1) is 0 Å². The van der Waals surface area contributed by atoms with Gasteiger partial charge in [0.05, 0.1) is 0 Å². The van der Waals surface area contributed by atoms with Crippen molar-refractivity contribution in [3.8, 4) is 0 Å². The minimum Gasteiger partial charge on any atom is -0.391 e. The van der Waals surface area contributed by atoms with Gasteiger partial charge in [-0.2, -0.15) is 0 Å². The van der Waals surface area contributed by atoms with Gasteiger partial charge < -0.3 is 13.8 Å². The monoisotopic (exact) mass is 295 g/mol. The summed E-state index contributed by atoms with van der Waals surface area (Å²) >= 11 is 0. The lowest BCUT2D eigenvalue weighted by molar-refractivity contribution is 0.180. The molecule has 0 spiro atoms. The van der Waals surface area contributed by atoms with E-state index < -0.39 is 8.56 Å². The van der Waals surface area contributed by atoms with Crippen molar-refractivity contribution in [1.29, 1.82) is 0 Å². The van der Waals surface area contributed by atoms with Gasteiger partial charge in [0.1, 0.15) is 0 Å². The van der Waals surface area contributed by atoms with Crippen LogP contribution in [0, 0.1) is 19.8 Å². The molecule has 1 saturated carbocycles. The fourth-order valence-electron chi connectivity index (χ4n) is 3.84. The van der Waals surface area contributed by atoms with Crippen LogP contribution in [0.4, 0.5) is 0 Å². The van der Waals surface area contributed by atoms with Crippen LogP contribution in [-0.4, -0.2) is 26.8 Å². The van der Waals surface area contributed by atoms with Crippen molar-refractivity contribution in [1.82, 2.24) is 4.98 Å². The Kier molecular flexibility index (Phi) is 5.10. The average molecular weight is 295 g/mol. The first-order chi connectivity index (χ1) is 9.55. The SMILES string of the molecule is CCO[Si](OCC)(c1cc(C)[nH]c1C)C1CCCC1C. The van der Waals surface area contributed by atoms with Crippen molar-refractivity contribution in [2.24, 2.45) is 5.92 Å². The first-order valence-corrected chi connectivity index (χ1v) is 9.89. The summed E-state index contributed by atoms with van der Waals surface area (Å²) in [6.45, 7) is 12.3. The number of hydrogen-bond acceptors (Lipinski definition) is 2. The number of aromatic amines is 1. The Labute approximate surface area is 124 Å². The summed E-state index contributed by atoms with van der Waals surface area (Å²) in [5.41, 5.74) is 3.02. The number of aromatic nitrogens is 1. The summed E-state index contributed by atoms with van der Waals surface area (Å²) in [7, 11) is -2.36. The summed E-state index contributed by atoms with van der Waals surface area (Å²) in [6.07, 6.45) is 3.86. The third kappa shape index (κ3) is 2.74. The van der Waals surface area contributed by atoms with E-state index in [0.717, 1.165) is 13.2 Å². The lowest BCUT2D eigenvalue weighted by Gasteiger charge is -2.37. The van der Waals surface area contributed by atoms with E-state index in [2.05, 4.69) is 45.7 Å². The van der Waals surface area contributed by atoms with Crippen LogP contribution in [0.25, 0.3) is 0 Å². The Balaban J connectivity index is 2.48. The highest BCUT2D eigenvalue weighted by molar-refractivity contribution is 6.82. The van der Waals surface area contributed by atoms with E-state index in [9.17, 15) is 0 Å². The van der Waals surface area contributed by atoms with Crippen LogP contribution in [0.15, 0.2) is 6.07 Å². The zero-order valence-corrected chi connectivity index (χ0v) is 14.6.